The van der Waals surface area contributed by atoms with Gasteiger partial charge in [-0.15, -0.1) is 4.83 Å². The Bertz CT molecular complexity index is 894. The summed E-state index contributed by atoms with van der Waals surface area (Å²) in [6.07, 6.45) is 0.841. The standard InChI is InChI=1S/C11H14N6O7S/c1-4-8(12)10(21)17(4)11(22)15-25(23,24)16-14-9(20)5-2-6(18)7(19)3-13-5/h2-4,8,16,19H,12H2,1H3,(H,13,18)(H,14,20)(H,15,22)/t4?,8-/m0/s1. The van der Waals surface area contributed by atoms with Gasteiger partial charge in [0.1, 0.15) is 11.7 Å². The van der Waals surface area contributed by atoms with Crippen molar-refractivity contribution in [3.63, 3.8) is 0 Å². The van der Waals surface area contributed by atoms with Gasteiger partial charge in [0, 0.05) is 12.3 Å². The lowest BCUT2D eigenvalue weighted by Gasteiger charge is -2.41. The van der Waals surface area contributed by atoms with Gasteiger partial charge < -0.3 is 15.8 Å². The lowest BCUT2D eigenvalue weighted by molar-refractivity contribution is -0.142. The highest BCUT2D eigenvalue weighted by Gasteiger charge is 2.46. The molecule has 1 aliphatic heterocycles. The summed E-state index contributed by atoms with van der Waals surface area (Å²) in [6.45, 7) is 1.45. The van der Waals surface area contributed by atoms with E-state index in [2.05, 4.69) is 4.98 Å². The zero-order valence-electron chi connectivity index (χ0n) is 12.6. The molecule has 0 aliphatic carbocycles. The summed E-state index contributed by atoms with van der Waals surface area (Å²) in [5, 5.41) is 9.05. The number of imide groups is 1. The number of nitrogens with zero attached hydrogens (tertiary/aromatic N) is 1. The number of nitrogens with two attached hydrogens (primary N) is 1. The van der Waals surface area contributed by atoms with Gasteiger partial charge in [-0.1, -0.05) is 0 Å². The first-order valence-electron chi connectivity index (χ1n) is 6.67. The van der Waals surface area contributed by atoms with Crippen LogP contribution in [0.3, 0.4) is 0 Å². The molecule has 13 nitrogen and oxygen atoms in total. The number of β-lactam (4-membered cyclic amide) rings is 1. The Morgan fingerprint density at radius 1 is 1.36 bits per heavy atom. The first-order chi connectivity index (χ1) is 11.5. The Hall–Kier alpha value is -2.97. The van der Waals surface area contributed by atoms with Crippen LogP contribution in [-0.4, -0.2) is 53.3 Å². The summed E-state index contributed by atoms with van der Waals surface area (Å²) in [5.74, 6) is -2.44. The highest BCUT2D eigenvalue weighted by Crippen LogP contribution is 2.17. The third-order valence-corrected chi connectivity index (χ3v) is 4.14. The molecule has 2 rings (SSSR count). The van der Waals surface area contributed by atoms with Crippen LogP contribution < -0.4 is 26.1 Å². The molecule has 0 radical (unpaired) electrons. The molecule has 0 spiro atoms. The molecule has 1 aromatic heterocycles. The number of carbonyl (C=O) groups excluding carboxylic acids is 3. The Balaban J connectivity index is 1.96. The minimum absolute atomic E-state index is 0.352. The first-order valence-corrected chi connectivity index (χ1v) is 8.16. The second kappa shape index (κ2) is 6.50. The smallest absolute Gasteiger partial charge is 0.339 e. The van der Waals surface area contributed by atoms with Crippen molar-refractivity contribution < 1.29 is 27.9 Å². The van der Waals surface area contributed by atoms with E-state index in [1.165, 1.54) is 11.6 Å². The second-order valence-corrected chi connectivity index (χ2v) is 6.45. The van der Waals surface area contributed by atoms with Crippen molar-refractivity contribution in [1.82, 2.24) is 24.9 Å². The zero-order valence-corrected chi connectivity index (χ0v) is 13.5. The highest BCUT2D eigenvalue weighted by molar-refractivity contribution is 7.88. The molecule has 1 aromatic rings. The molecule has 0 bridgehead atoms. The molecule has 14 heteroatoms. The molecule has 2 atom stereocenters. The van der Waals surface area contributed by atoms with Crippen LogP contribution in [-0.2, 0) is 15.0 Å². The van der Waals surface area contributed by atoms with E-state index in [9.17, 15) is 27.6 Å². The molecular formula is C11H14N6O7S. The van der Waals surface area contributed by atoms with Crippen molar-refractivity contribution in [3.05, 3.63) is 28.2 Å². The van der Waals surface area contributed by atoms with E-state index < -0.39 is 51.3 Å². The van der Waals surface area contributed by atoms with E-state index in [4.69, 9.17) is 10.8 Å². The minimum Gasteiger partial charge on any atom is -0.503 e. The van der Waals surface area contributed by atoms with E-state index in [1.807, 2.05) is 0 Å². The van der Waals surface area contributed by atoms with Crippen LogP contribution in [0.2, 0.25) is 0 Å². The molecule has 4 amide bonds. The minimum atomic E-state index is -4.55. The molecule has 7 N–H and O–H groups in total. The normalized spacial score (nSPS) is 19.9. The van der Waals surface area contributed by atoms with Crippen LogP contribution >= 0.6 is 0 Å². The summed E-state index contributed by atoms with van der Waals surface area (Å²) >= 11 is 0. The van der Waals surface area contributed by atoms with Gasteiger partial charge in [-0.05, 0) is 6.92 Å². The fourth-order valence-electron chi connectivity index (χ4n) is 1.90. The summed E-state index contributed by atoms with van der Waals surface area (Å²) in [5.41, 5.74) is 5.92. The molecule has 1 unspecified atom stereocenters. The number of aromatic nitrogens is 1. The topological polar surface area (TPSA) is 204 Å². The first kappa shape index (κ1) is 18.4. The van der Waals surface area contributed by atoms with Crippen molar-refractivity contribution in [1.29, 1.82) is 0 Å². The number of amides is 4. The molecule has 1 aliphatic rings. The maximum absolute atomic E-state index is 11.7. The molecule has 1 fully saturated rings. The van der Waals surface area contributed by atoms with Crippen LogP contribution in [0, 0.1) is 0 Å². The fraction of sp³-hybridized carbons (Fsp3) is 0.273. The Morgan fingerprint density at radius 3 is 2.56 bits per heavy atom. The quantitative estimate of drug-likeness (QED) is 0.234. The number of urea groups is 1. The van der Waals surface area contributed by atoms with Crippen molar-refractivity contribution in [3.8, 4) is 5.75 Å². The van der Waals surface area contributed by atoms with Crippen molar-refractivity contribution in [2.75, 3.05) is 0 Å². The number of nitrogens with one attached hydrogen (secondary N) is 4. The van der Waals surface area contributed by atoms with E-state index in [0.29, 0.717) is 4.90 Å². The molecule has 136 valence electrons. The van der Waals surface area contributed by atoms with Gasteiger partial charge in [0.15, 0.2) is 5.75 Å². The van der Waals surface area contributed by atoms with Gasteiger partial charge in [-0.2, -0.15) is 8.42 Å². The summed E-state index contributed by atoms with van der Waals surface area (Å²) in [6, 6.07) is -2.08. The number of aromatic amines is 1. The Morgan fingerprint density at radius 2 is 2.00 bits per heavy atom. The van der Waals surface area contributed by atoms with E-state index in [1.54, 1.807) is 10.3 Å². The second-order valence-electron chi connectivity index (χ2n) is 5.04. The summed E-state index contributed by atoms with van der Waals surface area (Å²) in [4.78, 5) is 50.5. The van der Waals surface area contributed by atoms with Gasteiger partial charge >= 0.3 is 16.2 Å². The fourth-order valence-corrected chi connectivity index (χ4v) is 2.50. The van der Waals surface area contributed by atoms with Crippen LogP contribution in [0.25, 0.3) is 0 Å². The van der Waals surface area contributed by atoms with Crippen LogP contribution in [0.15, 0.2) is 17.1 Å². The zero-order chi connectivity index (χ0) is 18.9. The van der Waals surface area contributed by atoms with Crippen LogP contribution in [0.4, 0.5) is 4.79 Å². The average Bonchev–Trinajstić information content (AvgIpc) is 2.54. The largest absolute Gasteiger partial charge is 0.503 e. The van der Waals surface area contributed by atoms with E-state index >= 15 is 0 Å². The van der Waals surface area contributed by atoms with Gasteiger partial charge in [0.25, 0.3) is 5.91 Å². The lowest BCUT2D eigenvalue weighted by Crippen LogP contribution is -2.71. The molecule has 0 saturated carbocycles. The maximum Gasteiger partial charge on any atom is 0.339 e. The van der Waals surface area contributed by atoms with Crippen molar-refractivity contribution in [2.45, 2.75) is 19.0 Å². The van der Waals surface area contributed by atoms with Gasteiger partial charge in [0.05, 0.1) is 6.04 Å². The van der Waals surface area contributed by atoms with E-state index in [0.717, 1.165) is 12.3 Å². The number of hydrazine groups is 1. The summed E-state index contributed by atoms with van der Waals surface area (Å²) in [7, 11) is -4.55. The molecule has 2 heterocycles. The van der Waals surface area contributed by atoms with Crippen LogP contribution in [0.1, 0.15) is 17.4 Å². The molecular weight excluding hydrogens is 360 g/mol. The third kappa shape index (κ3) is 3.76. The number of hydrogen-bond acceptors (Lipinski definition) is 8. The predicted molar refractivity (Wildman–Crippen MR) is 81.1 cm³/mol. The number of likely N-dealkylation sites (tertiary alicyclic amines) is 1. The number of pyridine rings is 1. The number of rotatable bonds is 4. The SMILES string of the molecule is CC1[C@H](N)C(=O)N1C(=O)NS(=O)(=O)NNC(=O)c1cc(=O)c(O)c[nH]1. The number of H-pyrrole nitrogens is 1. The summed E-state index contributed by atoms with van der Waals surface area (Å²) < 4.78 is 24.9. The highest BCUT2D eigenvalue weighted by atomic mass is 32.2. The van der Waals surface area contributed by atoms with Gasteiger partial charge in [-0.3, -0.25) is 24.7 Å². The van der Waals surface area contributed by atoms with Crippen LogP contribution in [0.5, 0.6) is 5.75 Å². The van der Waals surface area contributed by atoms with Gasteiger partial charge in [0.2, 0.25) is 11.3 Å². The molecule has 1 saturated heterocycles. The number of carbonyl (C=O) groups is 3. The lowest BCUT2D eigenvalue weighted by atomic mass is 9.99. The third-order valence-electron chi connectivity index (χ3n) is 3.33. The van der Waals surface area contributed by atoms with Crippen molar-refractivity contribution in [2.24, 2.45) is 5.73 Å². The monoisotopic (exact) mass is 374 g/mol. The number of aromatic hydroxyl groups is 1. The van der Waals surface area contributed by atoms with E-state index in [-0.39, 0.29) is 5.69 Å². The Kier molecular flexibility index (Phi) is 4.78. The van der Waals surface area contributed by atoms with Gasteiger partial charge in [-0.25, -0.2) is 9.52 Å². The molecule has 25 heavy (non-hydrogen) atoms. The molecule has 0 aromatic carbocycles. The predicted octanol–water partition coefficient (Wildman–Crippen LogP) is -3.17. The number of hydrogen-bond donors (Lipinski definition) is 6. The maximum atomic E-state index is 11.7. The average molecular weight is 374 g/mol. The van der Waals surface area contributed by atoms with Crippen molar-refractivity contribution >= 4 is 28.1 Å². The Labute approximate surface area is 140 Å².